The van der Waals surface area contributed by atoms with E-state index in [0.29, 0.717) is 0 Å². The topological polar surface area (TPSA) is 18.1 Å². The van der Waals surface area contributed by atoms with Crippen LogP contribution in [0.2, 0.25) is 0 Å². The van der Waals surface area contributed by atoms with Gasteiger partial charge < -0.3 is 8.98 Å². The highest BCUT2D eigenvalue weighted by molar-refractivity contribution is 7.28. The third kappa shape index (κ3) is 16.4. The molecule has 8 aromatic rings. The van der Waals surface area contributed by atoms with Gasteiger partial charge in [0, 0.05) is 56.8 Å². The third-order valence-corrected chi connectivity index (χ3v) is 18.5. The molecule has 1 aromatic carbocycles. The number of aromatic nitrogens is 1. The van der Waals surface area contributed by atoms with Crippen LogP contribution in [0.15, 0.2) is 58.0 Å². The average molecular weight is 973 g/mol. The second-order valence-electron chi connectivity index (χ2n) is 17.7. The van der Waals surface area contributed by atoms with Gasteiger partial charge in [-0.05, 0) is 156 Å². The van der Waals surface area contributed by atoms with Crippen molar-refractivity contribution in [3.8, 4) is 0 Å². The molecule has 1 aliphatic carbocycles. The second kappa shape index (κ2) is 28.4. The van der Waals surface area contributed by atoms with E-state index in [1.165, 1.54) is 164 Å². The van der Waals surface area contributed by atoms with Crippen LogP contribution in [0.3, 0.4) is 0 Å². The first kappa shape index (κ1) is 56.4. The van der Waals surface area contributed by atoms with Crippen molar-refractivity contribution >= 4 is 96.7 Å². The molecule has 0 fully saturated rings. The molecule has 0 unspecified atom stereocenters. The van der Waals surface area contributed by atoms with Gasteiger partial charge in [0.2, 0.25) is 0 Å². The summed E-state index contributed by atoms with van der Waals surface area (Å²) in [7, 11) is 2.14. The number of hydrogen-bond donors (Lipinski definition) is 0. The standard InChI is InChI=1S/C11H24.C10H13NS.C10H10S.C9H10OS.C9H10S2.C7H12.C2H6/c1-3-5-7-9-11-10-8-6-4-2;1-6-5-9-10(11(6)4)7(2)8(3)12-9;1-7-8(2)11-10-6-4-3-5-9(7)10;2*1-5-4-8-9(10-5)6(2)7(3)11-8;1-6-4-3-5-7(6)2;1-2/h3-11H2,1-2H3;5H,1-4H3;3-6H,1-2H3;2*4H,1-3H3;3-5H2,1-2H3;1-2H3. The first-order valence-electron chi connectivity index (χ1n) is 24.5. The fraction of sp³-hybridized carbons (Fsp3) is 0.517. The lowest BCUT2D eigenvalue weighted by molar-refractivity contribution is 0.572. The summed E-state index contributed by atoms with van der Waals surface area (Å²) in [6, 6.07) is 15.2. The number of rotatable bonds is 8. The van der Waals surface area contributed by atoms with E-state index in [2.05, 4.69) is 151 Å². The molecule has 0 atom stereocenters. The summed E-state index contributed by atoms with van der Waals surface area (Å²) in [5.41, 5.74) is 12.7. The van der Waals surface area contributed by atoms with E-state index in [-0.39, 0.29) is 0 Å². The van der Waals surface area contributed by atoms with Crippen LogP contribution < -0.4 is 0 Å². The molecule has 0 saturated heterocycles. The van der Waals surface area contributed by atoms with Gasteiger partial charge in [0.05, 0.1) is 14.9 Å². The van der Waals surface area contributed by atoms with Crippen LogP contribution in [0.1, 0.15) is 177 Å². The molecular weight excluding hydrogens is 887 g/mol. The Balaban J connectivity index is 0.000000207. The number of benzene rings is 1. The van der Waals surface area contributed by atoms with Gasteiger partial charge in [0.25, 0.3) is 0 Å². The highest BCUT2D eigenvalue weighted by atomic mass is 32.1. The van der Waals surface area contributed by atoms with Crippen molar-refractivity contribution in [1.29, 1.82) is 0 Å². The molecule has 0 amide bonds. The largest absolute Gasteiger partial charge is 0.460 e. The maximum Gasteiger partial charge on any atom is 0.148 e. The summed E-state index contributed by atoms with van der Waals surface area (Å²) in [5, 5.41) is 1.41. The van der Waals surface area contributed by atoms with Gasteiger partial charge >= 0.3 is 0 Å². The number of nitrogens with zero attached hydrogens (tertiary/aromatic N) is 1. The lowest BCUT2D eigenvalue weighted by Gasteiger charge is -1.98. The molecule has 2 nitrogen and oxygen atoms in total. The summed E-state index contributed by atoms with van der Waals surface area (Å²) in [6.07, 6.45) is 17.1. The maximum absolute atomic E-state index is 5.53. The molecule has 0 N–H and O–H groups in total. The van der Waals surface area contributed by atoms with Gasteiger partial charge in [0.15, 0.2) is 0 Å². The molecule has 0 radical (unpaired) electrons. The van der Waals surface area contributed by atoms with Crippen LogP contribution in [0, 0.1) is 76.2 Å². The van der Waals surface area contributed by atoms with Crippen LogP contribution >= 0.6 is 56.7 Å². The molecule has 7 heteroatoms. The smallest absolute Gasteiger partial charge is 0.148 e. The van der Waals surface area contributed by atoms with Crippen molar-refractivity contribution < 1.29 is 4.42 Å². The Morgan fingerprint density at radius 1 is 0.508 bits per heavy atom. The highest BCUT2D eigenvalue weighted by Gasteiger charge is 2.11. The Morgan fingerprint density at radius 2 is 1.00 bits per heavy atom. The summed E-state index contributed by atoms with van der Waals surface area (Å²) in [4.78, 5) is 7.13. The molecule has 358 valence electrons. The molecular formula is C58H85NOS5. The van der Waals surface area contributed by atoms with Gasteiger partial charge in [-0.1, -0.05) is 115 Å². The Bertz CT molecular complexity index is 2520. The van der Waals surface area contributed by atoms with E-state index in [1.54, 1.807) is 22.5 Å². The zero-order chi connectivity index (χ0) is 48.4. The minimum atomic E-state index is 1.01. The van der Waals surface area contributed by atoms with Crippen LogP contribution in [-0.4, -0.2) is 4.57 Å². The fourth-order valence-electron chi connectivity index (χ4n) is 7.80. The lowest BCUT2D eigenvalue weighted by atomic mass is 10.1. The van der Waals surface area contributed by atoms with Crippen LogP contribution in [0.4, 0.5) is 0 Å². The molecule has 0 saturated carbocycles. The number of fused-ring (bicyclic) bond motifs is 4. The molecule has 1 aliphatic rings. The number of hydrogen-bond acceptors (Lipinski definition) is 6. The van der Waals surface area contributed by atoms with Crippen molar-refractivity contribution in [2.75, 3.05) is 0 Å². The Labute approximate surface area is 416 Å². The molecule has 0 aliphatic heterocycles. The maximum atomic E-state index is 5.53. The molecule has 0 bridgehead atoms. The number of aryl methyl sites for hydroxylation is 12. The van der Waals surface area contributed by atoms with Gasteiger partial charge in [-0.15, -0.1) is 56.7 Å². The van der Waals surface area contributed by atoms with E-state index in [0.717, 1.165) is 11.3 Å². The molecule has 9 rings (SSSR count). The van der Waals surface area contributed by atoms with Crippen LogP contribution in [-0.2, 0) is 7.05 Å². The van der Waals surface area contributed by atoms with Crippen molar-refractivity contribution in [2.45, 2.75) is 195 Å². The number of unbranched alkanes of at least 4 members (excludes halogenated alkanes) is 8. The minimum absolute atomic E-state index is 1.01. The van der Waals surface area contributed by atoms with E-state index >= 15 is 0 Å². The number of thiophene rings is 5. The molecule has 7 aromatic heterocycles. The average Bonchev–Trinajstić information content (AvgIpc) is 4.18. The predicted octanol–water partition coefficient (Wildman–Crippen LogP) is 22.1. The second-order valence-corrected chi connectivity index (χ2v) is 24.0. The monoisotopic (exact) mass is 972 g/mol. The first-order valence-corrected chi connectivity index (χ1v) is 28.6. The summed E-state index contributed by atoms with van der Waals surface area (Å²) < 4.78 is 14.9. The summed E-state index contributed by atoms with van der Waals surface area (Å²) in [5.74, 6) is 1.01. The van der Waals surface area contributed by atoms with Crippen molar-refractivity contribution in [1.82, 2.24) is 4.57 Å². The fourth-order valence-corrected chi connectivity index (χ4v) is 13.6. The Morgan fingerprint density at radius 3 is 1.51 bits per heavy atom. The normalized spacial score (nSPS) is 11.8. The molecule has 7 heterocycles. The first-order chi connectivity index (χ1) is 31.0. The molecule has 0 spiro atoms. The zero-order valence-electron chi connectivity index (χ0n) is 43.9. The van der Waals surface area contributed by atoms with E-state index in [1.807, 2.05) is 66.1 Å². The minimum Gasteiger partial charge on any atom is -0.460 e. The third-order valence-electron chi connectivity index (χ3n) is 12.6. The summed E-state index contributed by atoms with van der Waals surface area (Å²) >= 11 is 9.40. The number of furan rings is 1. The van der Waals surface area contributed by atoms with E-state index in [9.17, 15) is 0 Å². The highest BCUT2D eigenvalue weighted by Crippen LogP contribution is 2.37. The predicted molar refractivity (Wildman–Crippen MR) is 305 cm³/mol. The van der Waals surface area contributed by atoms with Crippen molar-refractivity contribution in [2.24, 2.45) is 7.05 Å². The van der Waals surface area contributed by atoms with Gasteiger partial charge in [0.1, 0.15) is 11.3 Å². The van der Waals surface area contributed by atoms with E-state index < -0.39 is 0 Å². The molecule has 65 heavy (non-hydrogen) atoms. The number of allylic oxidation sites excluding steroid dienone is 2. The van der Waals surface area contributed by atoms with Gasteiger partial charge in [-0.25, -0.2) is 0 Å². The lowest BCUT2D eigenvalue weighted by Crippen LogP contribution is -1.90. The summed E-state index contributed by atoms with van der Waals surface area (Å²) in [6.45, 7) is 36.7. The van der Waals surface area contributed by atoms with E-state index in [4.69, 9.17) is 4.42 Å². The van der Waals surface area contributed by atoms with Crippen molar-refractivity contribution in [3.05, 3.63) is 112 Å². The van der Waals surface area contributed by atoms with Gasteiger partial charge in [-0.2, -0.15) is 0 Å². The van der Waals surface area contributed by atoms with Gasteiger partial charge in [-0.3, -0.25) is 0 Å². The van der Waals surface area contributed by atoms with Crippen LogP contribution in [0.25, 0.3) is 40.0 Å². The SMILES string of the molecule is CC.CC1=C(C)CCC1.CCCCCCCCCCC.Cc1cc2sc(C)c(C)c2o1.Cc1cc2sc(C)c(C)c2s1.Cc1sc2cc(C)n(C)c2c1C.Cc1sc2ccccc2c1C. The Hall–Kier alpha value is -2.94. The van der Waals surface area contributed by atoms with Crippen LogP contribution in [0.5, 0.6) is 0 Å². The van der Waals surface area contributed by atoms with Crippen molar-refractivity contribution in [3.63, 3.8) is 0 Å². The Kier molecular flexibility index (Phi) is 24.6. The zero-order valence-corrected chi connectivity index (χ0v) is 48.0. The quantitative estimate of drug-likeness (QED) is 0.110.